The Morgan fingerprint density at radius 2 is 1.67 bits per heavy atom. The molecule has 0 spiro atoms. The number of ether oxygens (including phenoxy) is 2. The number of amides is 1. The molecule has 0 saturated carbocycles. The largest absolute Gasteiger partial charge is 0.492 e. The van der Waals surface area contributed by atoms with Crippen molar-refractivity contribution in [2.75, 3.05) is 19.7 Å². The van der Waals surface area contributed by atoms with Gasteiger partial charge in [-0.15, -0.1) is 0 Å². The van der Waals surface area contributed by atoms with Crippen molar-refractivity contribution in [3.63, 3.8) is 0 Å². The van der Waals surface area contributed by atoms with E-state index in [4.69, 9.17) is 14.6 Å². The van der Waals surface area contributed by atoms with Crippen LogP contribution in [-0.2, 0) is 16.0 Å². The molecular formula is C23H29NO6. The van der Waals surface area contributed by atoms with Crippen LogP contribution in [0.2, 0.25) is 0 Å². The Morgan fingerprint density at radius 1 is 1.03 bits per heavy atom. The van der Waals surface area contributed by atoms with Gasteiger partial charge < -0.3 is 24.6 Å². The number of aliphatic hydroxyl groups excluding tert-OH is 1. The lowest BCUT2D eigenvalue weighted by atomic mass is 10.1. The lowest BCUT2D eigenvalue weighted by molar-refractivity contribution is -0.136. The van der Waals surface area contributed by atoms with Gasteiger partial charge in [0.1, 0.15) is 18.0 Å². The minimum absolute atomic E-state index is 0.0515. The van der Waals surface area contributed by atoms with Crippen molar-refractivity contribution < 1.29 is 29.3 Å². The van der Waals surface area contributed by atoms with Gasteiger partial charge in [-0.1, -0.05) is 42.5 Å². The molecule has 0 aliphatic heterocycles. The molecule has 2 aromatic carbocycles. The summed E-state index contributed by atoms with van der Waals surface area (Å²) in [4.78, 5) is 24.8. The normalized spacial score (nSPS) is 12.1. The molecule has 0 aliphatic carbocycles. The van der Waals surface area contributed by atoms with Crippen LogP contribution >= 0.6 is 0 Å². The van der Waals surface area contributed by atoms with Gasteiger partial charge in [0.05, 0.1) is 25.6 Å². The maximum absolute atomic E-state index is 12.6. The Hall–Kier alpha value is -3.06. The van der Waals surface area contributed by atoms with Crippen LogP contribution in [0.15, 0.2) is 54.6 Å². The minimum Gasteiger partial charge on any atom is -0.492 e. The molecule has 0 heterocycles. The molecule has 0 aliphatic rings. The molecule has 0 aromatic heterocycles. The molecule has 1 atom stereocenters. The Balaban J connectivity index is 1.98. The van der Waals surface area contributed by atoms with E-state index in [0.29, 0.717) is 16.9 Å². The second-order valence-electron chi connectivity index (χ2n) is 7.92. The molecule has 0 saturated heterocycles. The lowest BCUT2D eigenvalue weighted by Gasteiger charge is -2.29. The molecule has 0 bridgehead atoms. The number of carboxylic acid groups (broad SMARTS) is 1. The predicted octanol–water partition coefficient (Wildman–Crippen LogP) is 3.66. The van der Waals surface area contributed by atoms with E-state index in [0.717, 1.165) is 0 Å². The Bertz CT molecular complexity index is 814. The van der Waals surface area contributed by atoms with E-state index < -0.39 is 23.8 Å². The number of carbonyl (C=O) groups is 2. The number of hydrogen-bond donors (Lipinski definition) is 2. The van der Waals surface area contributed by atoms with Crippen LogP contribution < -0.4 is 4.74 Å². The maximum Gasteiger partial charge on any atom is 0.410 e. The van der Waals surface area contributed by atoms with Crippen LogP contribution in [0.1, 0.15) is 38.0 Å². The van der Waals surface area contributed by atoms with Gasteiger partial charge in [0.15, 0.2) is 0 Å². The van der Waals surface area contributed by atoms with Crippen LogP contribution in [0.25, 0.3) is 0 Å². The van der Waals surface area contributed by atoms with Gasteiger partial charge in [-0.2, -0.15) is 0 Å². The highest BCUT2D eigenvalue weighted by atomic mass is 16.6. The summed E-state index contributed by atoms with van der Waals surface area (Å²) in [6.45, 7) is 5.83. The molecular weight excluding hydrogens is 386 g/mol. The molecule has 0 fully saturated rings. The molecule has 7 nitrogen and oxygen atoms in total. The van der Waals surface area contributed by atoms with Crippen molar-refractivity contribution in [2.45, 2.75) is 38.9 Å². The standard InChI is InChI=1S/C23H29NO6/c1-23(2,3)30-22(28)24(16-20(25)18-7-5-4-6-8-18)13-14-29-19-11-9-17(10-12-19)15-21(26)27/h4-12,20,25H,13-16H2,1-3H3,(H,26,27)/t20-/m0/s1. The van der Waals surface area contributed by atoms with Gasteiger partial charge in [-0.3, -0.25) is 4.79 Å². The second kappa shape index (κ2) is 10.6. The van der Waals surface area contributed by atoms with Crippen LogP contribution in [0.3, 0.4) is 0 Å². The zero-order valence-corrected chi connectivity index (χ0v) is 17.6. The fourth-order valence-corrected chi connectivity index (χ4v) is 2.72. The van der Waals surface area contributed by atoms with E-state index in [1.54, 1.807) is 57.2 Å². The van der Waals surface area contributed by atoms with Crippen LogP contribution in [-0.4, -0.2) is 52.5 Å². The highest BCUT2D eigenvalue weighted by Gasteiger charge is 2.24. The average molecular weight is 415 g/mol. The van der Waals surface area contributed by atoms with Gasteiger partial charge in [-0.05, 0) is 44.0 Å². The summed E-state index contributed by atoms with van der Waals surface area (Å²) in [5, 5.41) is 19.3. The van der Waals surface area contributed by atoms with Gasteiger partial charge >= 0.3 is 12.1 Å². The molecule has 0 unspecified atom stereocenters. The van der Waals surface area contributed by atoms with Crippen LogP contribution in [0, 0.1) is 0 Å². The van der Waals surface area contributed by atoms with Crippen LogP contribution in [0.5, 0.6) is 5.75 Å². The summed E-state index contributed by atoms with van der Waals surface area (Å²) >= 11 is 0. The highest BCUT2D eigenvalue weighted by molar-refractivity contribution is 5.70. The Morgan fingerprint density at radius 3 is 2.23 bits per heavy atom. The minimum atomic E-state index is -0.895. The van der Waals surface area contributed by atoms with Crippen molar-refractivity contribution >= 4 is 12.1 Å². The second-order valence-corrected chi connectivity index (χ2v) is 7.92. The summed E-state index contributed by atoms with van der Waals surface area (Å²) in [5.41, 5.74) is 0.727. The number of nitrogens with zero attached hydrogens (tertiary/aromatic N) is 1. The van der Waals surface area contributed by atoms with Gasteiger partial charge in [0.25, 0.3) is 0 Å². The zero-order valence-electron chi connectivity index (χ0n) is 17.6. The number of aliphatic hydroxyl groups is 1. The summed E-state index contributed by atoms with van der Waals surface area (Å²) in [5.74, 6) is -0.328. The summed E-state index contributed by atoms with van der Waals surface area (Å²) in [6, 6.07) is 15.9. The van der Waals surface area contributed by atoms with Crippen molar-refractivity contribution in [3.8, 4) is 5.75 Å². The first-order valence-corrected chi connectivity index (χ1v) is 9.78. The number of aliphatic carboxylic acids is 1. The molecule has 162 valence electrons. The van der Waals surface area contributed by atoms with E-state index in [1.165, 1.54) is 4.90 Å². The van der Waals surface area contributed by atoms with Crippen molar-refractivity contribution in [1.29, 1.82) is 0 Å². The van der Waals surface area contributed by atoms with E-state index >= 15 is 0 Å². The molecule has 30 heavy (non-hydrogen) atoms. The SMILES string of the molecule is CC(C)(C)OC(=O)N(CCOc1ccc(CC(=O)O)cc1)C[C@H](O)c1ccccc1. The van der Waals surface area contributed by atoms with E-state index in [-0.39, 0.29) is 26.1 Å². The summed E-state index contributed by atoms with van der Waals surface area (Å²) in [6.07, 6.45) is -1.43. The van der Waals surface area contributed by atoms with Gasteiger partial charge in [0, 0.05) is 0 Å². The quantitative estimate of drug-likeness (QED) is 0.649. The fraction of sp³-hybridized carbons (Fsp3) is 0.391. The Labute approximate surface area is 176 Å². The number of hydrogen-bond acceptors (Lipinski definition) is 5. The van der Waals surface area contributed by atoms with Gasteiger partial charge in [-0.25, -0.2) is 4.79 Å². The first-order valence-electron chi connectivity index (χ1n) is 9.78. The Kier molecular flexibility index (Phi) is 8.24. The number of benzene rings is 2. The summed E-state index contributed by atoms with van der Waals surface area (Å²) in [7, 11) is 0. The molecule has 0 radical (unpaired) electrons. The van der Waals surface area contributed by atoms with Gasteiger partial charge in [0.2, 0.25) is 0 Å². The number of carboxylic acids is 1. The third kappa shape index (κ3) is 8.13. The zero-order chi connectivity index (χ0) is 22.1. The monoisotopic (exact) mass is 415 g/mol. The predicted molar refractivity (Wildman–Crippen MR) is 112 cm³/mol. The maximum atomic E-state index is 12.6. The van der Waals surface area contributed by atoms with E-state index in [9.17, 15) is 14.7 Å². The first-order chi connectivity index (χ1) is 14.1. The lowest BCUT2D eigenvalue weighted by Crippen LogP contribution is -2.41. The first kappa shape index (κ1) is 23.2. The number of carbonyl (C=O) groups excluding carboxylic acids is 1. The molecule has 2 rings (SSSR count). The van der Waals surface area contributed by atoms with E-state index in [1.807, 2.05) is 18.2 Å². The smallest absolute Gasteiger partial charge is 0.410 e. The summed E-state index contributed by atoms with van der Waals surface area (Å²) < 4.78 is 11.1. The third-order valence-electron chi connectivity index (χ3n) is 4.14. The van der Waals surface area contributed by atoms with Crippen molar-refractivity contribution in [2.24, 2.45) is 0 Å². The van der Waals surface area contributed by atoms with Crippen molar-refractivity contribution in [1.82, 2.24) is 4.90 Å². The third-order valence-corrected chi connectivity index (χ3v) is 4.14. The average Bonchev–Trinajstić information content (AvgIpc) is 2.67. The highest BCUT2D eigenvalue weighted by Crippen LogP contribution is 2.17. The number of rotatable bonds is 9. The molecule has 7 heteroatoms. The molecule has 2 N–H and O–H groups in total. The van der Waals surface area contributed by atoms with Crippen LogP contribution in [0.4, 0.5) is 4.79 Å². The molecule has 1 amide bonds. The van der Waals surface area contributed by atoms with Crippen molar-refractivity contribution in [3.05, 3.63) is 65.7 Å². The topological polar surface area (TPSA) is 96.3 Å². The van der Waals surface area contributed by atoms with E-state index in [2.05, 4.69) is 0 Å². The fourth-order valence-electron chi connectivity index (χ4n) is 2.72. The molecule has 2 aromatic rings.